The van der Waals surface area contributed by atoms with E-state index in [0.717, 1.165) is 24.3 Å². The van der Waals surface area contributed by atoms with Crippen LogP contribution in [0.5, 0.6) is 11.5 Å². The third-order valence-electron chi connectivity index (χ3n) is 4.69. The molecule has 0 fully saturated rings. The number of hydrogen-bond donors (Lipinski definition) is 4. The number of ether oxygens (including phenoxy) is 2. The molecule has 4 N–H and O–H groups in total. The van der Waals surface area contributed by atoms with Gasteiger partial charge in [0.25, 0.3) is 32.0 Å². The number of anilines is 2. The van der Waals surface area contributed by atoms with Crippen molar-refractivity contribution in [3.63, 3.8) is 0 Å². The molecule has 0 saturated carbocycles. The van der Waals surface area contributed by atoms with Gasteiger partial charge in [-0.15, -0.1) is 15.3 Å². The second kappa shape index (κ2) is 11.8. The van der Waals surface area contributed by atoms with Gasteiger partial charge >= 0.3 is 0 Å². The molecule has 200 valence electrons. The summed E-state index contributed by atoms with van der Waals surface area (Å²) in [4.78, 5) is 12.0. The van der Waals surface area contributed by atoms with Gasteiger partial charge < -0.3 is 14.8 Å². The van der Waals surface area contributed by atoms with Crippen LogP contribution in [-0.2, 0) is 25.0 Å². The largest absolute Gasteiger partial charge is 0.495 e. The van der Waals surface area contributed by atoms with E-state index in [1.165, 1.54) is 26.4 Å². The predicted octanol–water partition coefficient (Wildman–Crippen LogP) is 3.35. The number of carbonyl (C=O) groups excluding carboxylic acids is 1. The van der Waals surface area contributed by atoms with Crippen molar-refractivity contribution in [1.82, 2.24) is 0 Å². The van der Waals surface area contributed by atoms with Crippen molar-refractivity contribution < 1.29 is 40.2 Å². The fourth-order valence-electron chi connectivity index (χ4n) is 2.88. The Hall–Kier alpha value is -4.38. The molecule has 0 heterocycles. The lowest BCUT2D eigenvalue weighted by atomic mass is 10.3. The van der Waals surface area contributed by atoms with E-state index in [4.69, 9.17) is 9.47 Å². The van der Waals surface area contributed by atoms with Crippen LogP contribution in [0.25, 0.3) is 0 Å². The van der Waals surface area contributed by atoms with Crippen molar-refractivity contribution in [3.8, 4) is 11.5 Å². The normalized spacial score (nSPS) is 12.3. The van der Waals surface area contributed by atoms with Crippen LogP contribution in [-0.4, -0.2) is 51.9 Å². The lowest BCUT2D eigenvalue weighted by Gasteiger charge is -2.10. The number of methoxy groups -OCH3 is 2. The maximum absolute atomic E-state index is 12.9. The molecule has 38 heavy (non-hydrogen) atoms. The minimum absolute atomic E-state index is 0.0474. The maximum atomic E-state index is 12.9. The van der Waals surface area contributed by atoms with Gasteiger partial charge in [0.1, 0.15) is 17.2 Å². The highest BCUT2D eigenvalue weighted by atomic mass is 32.2. The summed E-state index contributed by atoms with van der Waals surface area (Å²) in [5.74, 6) is -1.27. The first-order valence-corrected chi connectivity index (χ1v) is 13.2. The summed E-state index contributed by atoms with van der Waals surface area (Å²) in [5.41, 5.74) is 2.63. The van der Waals surface area contributed by atoms with E-state index in [0.29, 0.717) is 5.69 Å². The summed E-state index contributed by atoms with van der Waals surface area (Å²) in [5, 5.41) is 14.1. The average molecular weight is 564 g/mol. The molecule has 0 aliphatic carbocycles. The van der Waals surface area contributed by atoms with Crippen LogP contribution < -0.4 is 20.2 Å². The fourth-order valence-corrected chi connectivity index (χ4v) is 3.89. The Kier molecular flexibility index (Phi) is 8.74. The Morgan fingerprint density at radius 1 is 0.816 bits per heavy atom. The fraction of sp³-hybridized carbons (Fsp3) is 0.0909. The lowest BCUT2D eigenvalue weighted by Crippen LogP contribution is -2.22. The van der Waals surface area contributed by atoms with Crippen molar-refractivity contribution in [2.75, 3.05) is 25.0 Å². The van der Waals surface area contributed by atoms with Gasteiger partial charge in [-0.25, -0.2) is 0 Å². The molecule has 3 aromatic carbocycles. The summed E-state index contributed by atoms with van der Waals surface area (Å²) in [6.45, 7) is 0. The molecule has 0 bridgehead atoms. The minimum atomic E-state index is -4.58. The van der Waals surface area contributed by atoms with Gasteiger partial charge in [-0.3, -0.25) is 19.3 Å². The zero-order valence-corrected chi connectivity index (χ0v) is 21.4. The first-order valence-electron chi connectivity index (χ1n) is 10.4. The van der Waals surface area contributed by atoms with Crippen LogP contribution in [0.3, 0.4) is 0 Å². The zero-order chi connectivity index (χ0) is 27.9. The number of carbonyl (C=O) groups is 1. The SMILES string of the molecule is COc1ccc(S(=O)(=O)O)cc1N=N/C(=N\Nc1cc(S(=O)(=O)O)ccc1OC)C(=O)Nc1ccccc1. The van der Waals surface area contributed by atoms with E-state index in [2.05, 4.69) is 26.1 Å². The summed E-state index contributed by atoms with van der Waals surface area (Å²) < 4.78 is 75.1. The molecule has 0 saturated heterocycles. The van der Waals surface area contributed by atoms with Crippen LogP contribution in [0.4, 0.5) is 17.1 Å². The van der Waals surface area contributed by atoms with Crippen LogP contribution in [0.15, 0.2) is 91.9 Å². The Morgan fingerprint density at radius 2 is 1.39 bits per heavy atom. The van der Waals surface area contributed by atoms with Crippen molar-refractivity contribution in [1.29, 1.82) is 0 Å². The number of rotatable bonds is 8. The first kappa shape index (κ1) is 28.2. The Labute approximate surface area is 217 Å². The molecule has 0 atom stereocenters. The van der Waals surface area contributed by atoms with Crippen molar-refractivity contribution >= 4 is 49.0 Å². The molecule has 16 heteroatoms. The number of hydrogen-bond acceptors (Lipinski definition) is 10. The molecule has 14 nitrogen and oxygen atoms in total. The summed E-state index contributed by atoms with van der Waals surface area (Å²) in [7, 11) is -6.56. The van der Waals surface area contributed by atoms with Gasteiger partial charge in [0, 0.05) is 5.69 Å². The molecule has 0 radical (unpaired) electrons. The Bertz CT molecular complexity index is 1610. The molecular weight excluding hydrogens is 542 g/mol. The third kappa shape index (κ3) is 7.32. The number of nitrogens with one attached hydrogen (secondary N) is 2. The number of nitrogens with zero attached hydrogens (tertiary/aromatic N) is 3. The van der Waals surface area contributed by atoms with Crippen LogP contribution >= 0.6 is 0 Å². The average Bonchev–Trinajstić information content (AvgIpc) is 2.87. The van der Waals surface area contributed by atoms with Gasteiger partial charge in [0.15, 0.2) is 0 Å². The second-order valence-electron chi connectivity index (χ2n) is 7.21. The maximum Gasteiger partial charge on any atom is 0.297 e. The number of benzene rings is 3. The van der Waals surface area contributed by atoms with Gasteiger partial charge in [-0.05, 0) is 48.5 Å². The van der Waals surface area contributed by atoms with E-state index in [9.17, 15) is 30.7 Å². The van der Waals surface area contributed by atoms with E-state index in [-0.39, 0.29) is 22.9 Å². The van der Waals surface area contributed by atoms with Gasteiger partial charge in [0.2, 0.25) is 0 Å². The molecular formula is C22H21N5O9S2. The molecule has 0 unspecified atom stereocenters. The molecule has 0 aliphatic rings. The molecule has 3 aromatic rings. The van der Waals surface area contributed by atoms with Crippen LogP contribution in [0.1, 0.15) is 0 Å². The topological polar surface area (TPSA) is 205 Å². The summed E-state index contributed by atoms with van der Waals surface area (Å²) in [6.07, 6.45) is 0. The van der Waals surface area contributed by atoms with Gasteiger partial charge in [0.05, 0.1) is 29.7 Å². The molecule has 1 amide bonds. The highest BCUT2D eigenvalue weighted by molar-refractivity contribution is 7.86. The highest BCUT2D eigenvalue weighted by Gasteiger charge is 2.17. The smallest absolute Gasteiger partial charge is 0.297 e. The number of para-hydroxylation sites is 1. The number of hydrazone groups is 1. The number of azo groups is 1. The van der Waals surface area contributed by atoms with Crippen molar-refractivity contribution in [3.05, 3.63) is 66.7 Å². The number of amidine groups is 1. The molecule has 0 aromatic heterocycles. The highest BCUT2D eigenvalue weighted by Crippen LogP contribution is 2.31. The Morgan fingerprint density at radius 3 is 1.97 bits per heavy atom. The summed E-state index contributed by atoms with van der Waals surface area (Å²) in [6, 6.07) is 14.9. The first-order chi connectivity index (χ1) is 17.9. The minimum Gasteiger partial charge on any atom is -0.495 e. The number of amides is 1. The Balaban J connectivity index is 2.05. The monoisotopic (exact) mass is 563 g/mol. The van der Waals surface area contributed by atoms with Crippen LogP contribution in [0.2, 0.25) is 0 Å². The quantitative estimate of drug-likeness (QED) is 0.103. The third-order valence-corrected chi connectivity index (χ3v) is 6.39. The van der Waals surface area contributed by atoms with Crippen molar-refractivity contribution in [2.24, 2.45) is 15.3 Å². The van der Waals surface area contributed by atoms with Crippen LogP contribution in [0, 0.1) is 0 Å². The van der Waals surface area contributed by atoms with E-state index >= 15 is 0 Å². The van der Waals surface area contributed by atoms with E-state index < -0.39 is 41.8 Å². The zero-order valence-electron chi connectivity index (χ0n) is 19.8. The van der Waals surface area contributed by atoms with E-state index in [1.54, 1.807) is 30.3 Å². The molecule has 0 spiro atoms. The molecule has 3 rings (SSSR count). The van der Waals surface area contributed by atoms with Gasteiger partial charge in [-0.2, -0.15) is 16.8 Å². The molecule has 0 aliphatic heterocycles. The summed E-state index contributed by atoms with van der Waals surface area (Å²) >= 11 is 0. The standard InChI is InChI=1S/C22H21N5O9S2/c1-35-19-10-8-15(37(29,30)31)12-17(19)24-26-21(22(28)23-14-6-4-3-5-7-14)27-25-18-13-16(38(32,33)34)9-11-20(18)36-2/h3-13,24H,1-2H3,(H,23,28)(H,29,30,31)(H,32,33,34)/b26-21-,27-25?. The van der Waals surface area contributed by atoms with E-state index in [1.807, 2.05) is 0 Å². The predicted molar refractivity (Wildman–Crippen MR) is 136 cm³/mol. The van der Waals surface area contributed by atoms with Gasteiger partial charge in [-0.1, -0.05) is 18.2 Å². The second-order valence-corrected chi connectivity index (χ2v) is 10.1. The van der Waals surface area contributed by atoms with Crippen molar-refractivity contribution in [2.45, 2.75) is 9.79 Å². The lowest BCUT2D eigenvalue weighted by molar-refractivity contribution is -0.110.